The minimum atomic E-state index is -0.478. The van der Waals surface area contributed by atoms with Crippen LogP contribution in [0.3, 0.4) is 0 Å². The molecular weight excluding hydrogens is 316 g/mol. The van der Waals surface area contributed by atoms with E-state index >= 15 is 0 Å². The van der Waals surface area contributed by atoms with Crippen molar-refractivity contribution in [3.05, 3.63) is 95.9 Å². The largest absolute Gasteiger partial charge is 0.467 e. The molecule has 2 atom stereocenters. The van der Waals surface area contributed by atoms with Gasteiger partial charge in [-0.2, -0.15) is 0 Å². The maximum Gasteiger partial charge on any atom is 0.316 e. The molecular formula is C20H20N2O3. The van der Waals surface area contributed by atoms with Crippen LogP contribution in [0, 0.1) is 0 Å². The van der Waals surface area contributed by atoms with Crippen LogP contribution in [0.25, 0.3) is 0 Å². The highest BCUT2D eigenvalue weighted by atomic mass is 16.3. The summed E-state index contributed by atoms with van der Waals surface area (Å²) in [4.78, 5) is 12.5. The van der Waals surface area contributed by atoms with Gasteiger partial charge in [0.05, 0.1) is 18.9 Å². The van der Waals surface area contributed by atoms with E-state index in [2.05, 4.69) is 10.6 Å². The number of hydrogen-bond acceptors (Lipinski definition) is 3. The summed E-state index contributed by atoms with van der Waals surface area (Å²) >= 11 is 0. The van der Waals surface area contributed by atoms with Gasteiger partial charge in [0.2, 0.25) is 0 Å². The summed E-state index contributed by atoms with van der Waals surface area (Å²) in [5.74, 6) is 0.640. The van der Waals surface area contributed by atoms with Gasteiger partial charge in [-0.1, -0.05) is 60.7 Å². The predicted molar refractivity (Wildman–Crippen MR) is 94.9 cm³/mol. The summed E-state index contributed by atoms with van der Waals surface area (Å²) in [5.41, 5.74) is 1.75. The monoisotopic (exact) mass is 336 g/mol. The number of nitrogens with one attached hydrogen (secondary N) is 2. The SMILES string of the molecule is O=C(NC(CO)c1ccccc1)NC(c1ccccc1)c1ccco1. The molecule has 5 heteroatoms. The zero-order valence-corrected chi connectivity index (χ0v) is 13.6. The van der Waals surface area contributed by atoms with Gasteiger partial charge in [0, 0.05) is 0 Å². The Morgan fingerprint density at radius 3 is 2.08 bits per heavy atom. The quantitative estimate of drug-likeness (QED) is 0.646. The van der Waals surface area contributed by atoms with E-state index in [9.17, 15) is 9.90 Å². The molecule has 0 fully saturated rings. The van der Waals surface area contributed by atoms with Crippen molar-refractivity contribution < 1.29 is 14.3 Å². The molecule has 3 rings (SSSR count). The van der Waals surface area contributed by atoms with Crippen LogP contribution in [0.4, 0.5) is 4.79 Å². The molecule has 0 radical (unpaired) electrons. The number of aliphatic hydroxyl groups is 1. The second-order valence-corrected chi connectivity index (χ2v) is 5.62. The Kier molecular flexibility index (Phi) is 5.49. The molecule has 3 N–H and O–H groups in total. The van der Waals surface area contributed by atoms with Crippen molar-refractivity contribution in [3.8, 4) is 0 Å². The summed E-state index contributed by atoms with van der Waals surface area (Å²) < 4.78 is 5.48. The van der Waals surface area contributed by atoms with Gasteiger partial charge in [-0.05, 0) is 23.3 Å². The molecule has 1 heterocycles. The minimum Gasteiger partial charge on any atom is -0.467 e. The lowest BCUT2D eigenvalue weighted by Gasteiger charge is -2.21. The lowest BCUT2D eigenvalue weighted by atomic mass is 10.0. The van der Waals surface area contributed by atoms with Gasteiger partial charge in [0.1, 0.15) is 11.8 Å². The molecule has 25 heavy (non-hydrogen) atoms. The first-order valence-corrected chi connectivity index (χ1v) is 8.09. The smallest absolute Gasteiger partial charge is 0.316 e. The molecule has 2 amide bonds. The Morgan fingerprint density at radius 2 is 1.52 bits per heavy atom. The number of furan rings is 1. The first kappa shape index (κ1) is 16.8. The molecule has 5 nitrogen and oxygen atoms in total. The highest BCUT2D eigenvalue weighted by molar-refractivity contribution is 5.75. The third kappa shape index (κ3) is 4.28. The van der Waals surface area contributed by atoms with E-state index in [4.69, 9.17) is 4.42 Å². The average Bonchev–Trinajstić information content (AvgIpc) is 3.20. The zero-order valence-electron chi connectivity index (χ0n) is 13.6. The van der Waals surface area contributed by atoms with Crippen molar-refractivity contribution in [3.63, 3.8) is 0 Å². The van der Waals surface area contributed by atoms with E-state index in [-0.39, 0.29) is 12.6 Å². The molecule has 0 aliphatic heterocycles. The number of aliphatic hydroxyl groups excluding tert-OH is 1. The van der Waals surface area contributed by atoms with Crippen LogP contribution in [0.1, 0.15) is 29.0 Å². The maximum absolute atomic E-state index is 12.5. The number of rotatable bonds is 6. The second-order valence-electron chi connectivity index (χ2n) is 5.62. The van der Waals surface area contributed by atoms with Crippen LogP contribution < -0.4 is 10.6 Å². The summed E-state index contributed by atoms with van der Waals surface area (Å²) in [6, 6.07) is 21.3. The molecule has 0 bridgehead atoms. The molecule has 0 saturated carbocycles. The van der Waals surface area contributed by atoms with Crippen molar-refractivity contribution in [2.45, 2.75) is 12.1 Å². The van der Waals surface area contributed by atoms with Crippen LogP contribution in [-0.2, 0) is 0 Å². The van der Waals surface area contributed by atoms with Gasteiger partial charge >= 0.3 is 6.03 Å². The molecule has 0 aliphatic carbocycles. The Morgan fingerprint density at radius 1 is 0.880 bits per heavy atom. The van der Waals surface area contributed by atoms with E-state index in [1.807, 2.05) is 66.7 Å². The normalized spacial score (nSPS) is 13.0. The standard InChI is InChI=1S/C20H20N2O3/c23-14-17(15-8-3-1-4-9-15)21-20(24)22-19(18-12-7-13-25-18)16-10-5-2-6-11-16/h1-13,17,19,23H,14H2,(H2,21,22,24). The Balaban J connectivity index is 1.74. The van der Waals surface area contributed by atoms with E-state index in [0.717, 1.165) is 11.1 Å². The van der Waals surface area contributed by atoms with E-state index < -0.39 is 12.1 Å². The number of carbonyl (C=O) groups excluding carboxylic acids is 1. The van der Waals surface area contributed by atoms with Gasteiger partial charge in [-0.15, -0.1) is 0 Å². The first-order valence-electron chi connectivity index (χ1n) is 8.09. The molecule has 1 aromatic heterocycles. The van der Waals surface area contributed by atoms with Gasteiger partial charge in [0.25, 0.3) is 0 Å². The molecule has 2 unspecified atom stereocenters. The molecule has 2 aromatic carbocycles. The summed E-state index contributed by atoms with van der Waals surface area (Å²) in [6.45, 7) is -0.186. The second kappa shape index (κ2) is 8.17. The Bertz CT molecular complexity index is 773. The highest BCUT2D eigenvalue weighted by Crippen LogP contribution is 2.22. The molecule has 0 saturated heterocycles. The fourth-order valence-electron chi connectivity index (χ4n) is 2.67. The van der Waals surface area contributed by atoms with Gasteiger partial charge < -0.3 is 20.2 Å². The fraction of sp³-hybridized carbons (Fsp3) is 0.150. The van der Waals surface area contributed by atoms with Crippen LogP contribution in [-0.4, -0.2) is 17.7 Å². The van der Waals surface area contributed by atoms with Crippen molar-refractivity contribution in [1.82, 2.24) is 10.6 Å². The van der Waals surface area contributed by atoms with Gasteiger partial charge in [-0.3, -0.25) is 0 Å². The summed E-state index contributed by atoms with van der Waals surface area (Å²) in [7, 11) is 0. The number of amides is 2. The Labute approximate surface area is 146 Å². The maximum atomic E-state index is 12.5. The predicted octanol–water partition coefficient (Wildman–Crippen LogP) is 3.40. The van der Waals surface area contributed by atoms with Crippen LogP contribution in [0.15, 0.2) is 83.5 Å². The average molecular weight is 336 g/mol. The third-order valence-corrected chi connectivity index (χ3v) is 3.93. The van der Waals surface area contributed by atoms with E-state index in [1.165, 1.54) is 0 Å². The highest BCUT2D eigenvalue weighted by Gasteiger charge is 2.21. The van der Waals surface area contributed by atoms with Crippen molar-refractivity contribution in [2.75, 3.05) is 6.61 Å². The summed E-state index contributed by atoms with van der Waals surface area (Å²) in [6.07, 6.45) is 1.57. The summed E-state index contributed by atoms with van der Waals surface area (Å²) in [5, 5.41) is 15.3. The molecule has 128 valence electrons. The van der Waals surface area contributed by atoms with Crippen LogP contribution >= 0.6 is 0 Å². The third-order valence-electron chi connectivity index (χ3n) is 3.93. The van der Waals surface area contributed by atoms with Crippen LogP contribution in [0.5, 0.6) is 0 Å². The fourth-order valence-corrected chi connectivity index (χ4v) is 2.67. The minimum absolute atomic E-state index is 0.186. The van der Waals surface area contributed by atoms with Gasteiger partial charge in [-0.25, -0.2) is 4.79 Å². The zero-order chi connectivity index (χ0) is 17.5. The van der Waals surface area contributed by atoms with Crippen molar-refractivity contribution in [1.29, 1.82) is 0 Å². The first-order chi connectivity index (χ1) is 12.3. The molecule has 3 aromatic rings. The van der Waals surface area contributed by atoms with Gasteiger partial charge in [0.15, 0.2) is 0 Å². The molecule has 0 spiro atoms. The number of urea groups is 1. The van der Waals surface area contributed by atoms with Crippen molar-refractivity contribution in [2.24, 2.45) is 0 Å². The topological polar surface area (TPSA) is 74.5 Å². The Hall–Kier alpha value is -3.05. The molecule has 0 aliphatic rings. The van der Waals surface area contributed by atoms with E-state index in [0.29, 0.717) is 5.76 Å². The number of carbonyl (C=O) groups is 1. The number of benzene rings is 2. The van der Waals surface area contributed by atoms with E-state index in [1.54, 1.807) is 12.3 Å². The van der Waals surface area contributed by atoms with Crippen molar-refractivity contribution >= 4 is 6.03 Å². The lowest BCUT2D eigenvalue weighted by molar-refractivity contribution is 0.214. The lowest BCUT2D eigenvalue weighted by Crippen LogP contribution is -2.41. The number of hydrogen-bond donors (Lipinski definition) is 3. The van der Waals surface area contributed by atoms with Crippen LogP contribution in [0.2, 0.25) is 0 Å².